The Morgan fingerprint density at radius 2 is 1.82 bits per heavy atom. The minimum Gasteiger partial charge on any atom is -0.496 e. The van der Waals surface area contributed by atoms with Crippen LogP contribution in [0.15, 0.2) is 61.2 Å². The first kappa shape index (κ1) is 17.5. The second-order valence-corrected chi connectivity index (χ2v) is 6.15. The van der Waals surface area contributed by atoms with Gasteiger partial charge in [-0.15, -0.1) is 10.2 Å². The predicted octanol–water partition coefficient (Wildman–Crippen LogP) is 3.04. The van der Waals surface area contributed by atoms with E-state index in [9.17, 15) is 9.90 Å². The van der Waals surface area contributed by atoms with Crippen LogP contribution in [0.3, 0.4) is 0 Å². The van der Waals surface area contributed by atoms with Gasteiger partial charge in [-0.1, -0.05) is 0 Å². The molecule has 2 aromatic carbocycles. The standard InChI is InChI=1S/C20H17N5O3/c1-24-12-22-23-19(24)13-3-6-15(7-4-13)25-10-9-21-18(25)14-5-8-17(28-2)16(11-14)20(26)27/h3-12H,1-2H3,(H,26,27). The maximum Gasteiger partial charge on any atom is 0.339 e. The number of aromatic carboxylic acids is 1. The lowest BCUT2D eigenvalue weighted by molar-refractivity contribution is 0.0693. The van der Waals surface area contributed by atoms with E-state index in [0.717, 1.165) is 17.1 Å². The van der Waals surface area contributed by atoms with Crippen LogP contribution in [0.1, 0.15) is 10.4 Å². The molecular formula is C20H17N5O3. The molecule has 0 fully saturated rings. The lowest BCUT2D eigenvalue weighted by Crippen LogP contribution is -2.02. The average Bonchev–Trinajstić information content (AvgIpc) is 3.36. The Hall–Kier alpha value is -3.94. The third-order valence-corrected chi connectivity index (χ3v) is 4.44. The molecule has 28 heavy (non-hydrogen) atoms. The van der Waals surface area contributed by atoms with Crippen LogP contribution >= 0.6 is 0 Å². The Morgan fingerprint density at radius 1 is 1.07 bits per heavy atom. The van der Waals surface area contributed by atoms with Crippen LogP contribution in [0.2, 0.25) is 0 Å². The van der Waals surface area contributed by atoms with Gasteiger partial charge in [0.25, 0.3) is 0 Å². The summed E-state index contributed by atoms with van der Waals surface area (Å²) in [5.74, 6) is 0.669. The molecule has 0 atom stereocenters. The number of benzene rings is 2. The fourth-order valence-electron chi connectivity index (χ4n) is 3.06. The molecule has 2 aromatic heterocycles. The van der Waals surface area contributed by atoms with Crippen LogP contribution < -0.4 is 4.74 Å². The predicted molar refractivity (Wildman–Crippen MR) is 103 cm³/mol. The van der Waals surface area contributed by atoms with Crippen LogP contribution in [0, 0.1) is 0 Å². The summed E-state index contributed by atoms with van der Waals surface area (Å²) < 4.78 is 8.88. The van der Waals surface area contributed by atoms with E-state index in [4.69, 9.17) is 4.74 Å². The number of hydrogen-bond acceptors (Lipinski definition) is 5. The van der Waals surface area contributed by atoms with Crippen molar-refractivity contribution in [3.05, 3.63) is 66.7 Å². The molecule has 0 unspecified atom stereocenters. The normalized spacial score (nSPS) is 10.8. The van der Waals surface area contributed by atoms with Gasteiger partial charge in [0.2, 0.25) is 0 Å². The van der Waals surface area contributed by atoms with Crippen molar-refractivity contribution in [2.45, 2.75) is 0 Å². The van der Waals surface area contributed by atoms with Crippen molar-refractivity contribution in [1.29, 1.82) is 0 Å². The number of aromatic nitrogens is 5. The molecule has 0 aliphatic heterocycles. The van der Waals surface area contributed by atoms with E-state index in [1.807, 2.05) is 46.6 Å². The number of imidazole rings is 1. The second-order valence-electron chi connectivity index (χ2n) is 6.15. The van der Waals surface area contributed by atoms with E-state index >= 15 is 0 Å². The number of aryl methyl sites for hydroxylation is 1. The van der Waals surface area contributed by atoms with Gasteiger partial charge in [0.15, 0.2) is 5.82 Å². The van der Waals surface area contributed by atoms with E-state index in [1.54, 1.807) is 30.7 Å². The van der Waals surface area contributed by atoms with E-state index in [2.05, 4.69) is 15.2 Å². The molecule has 4 aromatic rings. The molecule has 0 saturated heterocycles. The van der Waals surface area contributed by atoms with Crippen molar-refractivity contribution < 1.29 is 14.6 Å². The van der Waals surface area contributed by atoms with E-state index in [1.165, 1.54) is 7.11 Å². The zero-order valence-electron chi connectivity index (χ0n) is 15.3. The zero-order valence-corrected chi connectivity index (χ0v) is 15.3. The molecular weight excluding hydrogens is 358 g/mol. The molecule has 0 amide bonds. The summed E-state index contributed by atoms with van der Waals surface area (Å²) in [5.41, 5.74) is 2.61. The number of carboxylic acid groups (broad SMARTS) is 1. The fraction of sp³-hybridized carbons (Fsp3) is 0.100. The smallest absolute Gasteiger partial charge is 0.339 e. The number of methoxy groups -OCH3 is 1. The lowest BCUT2D eigenvalue weighted by atomic mass is 10.1. The van der Waals surface area contributed by atoms with Crippen LogP contribution in [0.5, 0.6) is 5.75 Å². The van der Waals surface area contributed by atoms with Crippen LogP contribution in [0.25, 0.3) is 28.5 Å². The highest BCUT2D eigenvalue weighted by molar-refractivity contribution is 5.92. The number of hydrogen-bond donors (Lipinski definition) is 1. The number of rotatable bonds is 5. The molecule has 8 heteroatoms. The number of carboxylic acids is 1. The molecule has 0 aliphatic carbocycles. The highest BCUT2D eigenvalue weighted by Crippen LogP contribution is 2.28. The van der Waals surface area contributed by atoms with Gasteiger partial charge in [-0.25, -0.2) is 9.78 Å². The number of nitrogens with zero attached hydrogens (tertiary/aromatic N) is 5. The molecule has 4 rings (SSSR count). The quantitative estimate of drug-likeness (QED) is 0.576. The summed E-state index contributed by atoms with van der Waals surface area (Å²) in [6, 6.07) is 12.8. The van der Waals surface area contributed by atoms with Crippen molar-refractivity contribution in [2.75, 3.05) is 7.11 Å². The summed E-state index contributed by atoms with van der Waals surface area (Å²) in [6.45, 7) is 0. The zero-order chi connectivity index (χ0) is 19.7. The molecule has 0 radical (unpaired) electrons. The van der Waals surface area contributed by atoms with Gasteiger partial charge in [0.05, 0.1) is 7.11 Å². The topological polar surface area (TPSA) is 95.1 Å². The van der Waals surface area contributed by atoms with Gasteiger partial charge in [0.1, 0.15) is 23.5 Å². The van der Waals surface area contributed by atoms with Gasteiger partial charge < -0.3 is 14.4 Å². The van der Waals surface area contributed by atoms with Crippen molar-refractivity contribution in [3.8, 4) is 34.2 Å². The van der Waals surface area contributed by atoms with Crippen LogP contribution in [0.4, 0.5) is 0 Å². The Bertz CT molecular complexity index is 1140. The Morgan fingerprint density at radius 3 is 2.46 bits per heavy atom. The first-order valence-electron chi connectivity index (χ1n) is 8.48. The largest absolute Gasteiger partial charge is 0.496 e. The summed E-state index contributed by atoms with van der Waals surface area (Å²) in [4.78, 5) is 15.9. The summed E-state index contributed by atoms with van der Waals surface area (Å²) in [6.07, 6.45) is 5.16. The first-order chi connectivity index (χ1) is 13.6. The highest BCUT2D eigenvalue weighted by atomic mass is 16.5. The Balaban J connectivity index is 1.73. The lowest BCUT2D eigenvalue weighted by Gasteiger charge is -2.11. The SMILES string of the molecule is COc1ccc(-c2nccn2-c2ccc(-c3nncn3C)cc2)cc1C(=O)O. The van der Waals surface area contributed by atoms with E-state index in [-0.39, 0.29) is 5.56 Å². The molecule has 140 valence electrons. The summed E-state index contributed by atoms with van der Waals surface area (Å²) in [5, 5.41) is 17.4. The molecule has 2 heterocycles. The van der Waals surface area contributed by atoms with Crippen molar-refractivity contribution in [3.63, 3.8) is 0 Å². The second kappa shape index (κ2) is 6.99. The van der Waals surface area contributed by atoms with Gasteiger partial charge in [-0.3, -0.25) is 4.57 Å². The first-order valence-corrected chi connectivity index (χ1v) is 8.48. The fourth-order valence-corrected chi connectivity index (χ4v) is 3.06. The van der Waals surface area contributed by atoms with Crippen LogP contribution in [-0.4, -0.2) is 42.5 Å². The summed E-state index contributed by atoms with van der Waals surface area (Å²) >= 11 is 0. The molecule has 0 aliphatic rings. The minimum atomic E-state index is -1.05. The monoisotopic (exact) mass is 375 g/mol. The van der Waals surface area contributed by atoms with Crippen molar-refractivity contribution in [1.82, 2.24) is 24.3 Å². The molecule has 0 saturated carbocycles. The van der Waals surface area contributed by atoms with Crippen molar-refractivity contribution >= 4 is 5.97 Å². The molecule has 0 bridgehead atoms. The number of ether oxygens (including phenoxy) is 1. The Labute approximate surface area is 160 Å². The van der Waals surface area contributed by atoms with Gasteiger partial charge in [-0.2, -0.15) is 0 Å². The third kappa shape index (κ3) is 3.01. The maximum absolute atomic E-state index is 11.5. The van der Waals surface area contributed by atoms with Gasteiger partial charge in [0, 0.05) is 36.3 Å². The highest BCUT2D eigenvalue weighted by Gasteiger charge is 2.15. The number of carbonyl (C=O) groups is 1. The summed E-state index contributed by atoms with van der Waals surface area (Å²) in [7, 11) is 3.34. The minimum absolute atomic E-state index is 0.0900. The van der Waals surface area contributed by atoms with Crippen LogP contribution in [-0.2, 0) is 7.05 Å². The third-order valence-electron chi connectivity index (χ3n) is 4.44. The Kier molecular flexibility index (Phi) is 4.36. The van der Waals surface area contributed by atoms with Gasteiger partial charge in [-0.05, 0) is 42.5 Å². The molecule has 1 N–H and O–H groups in total. The maximum atomic E-state index is 11.5. The average molecular weight is 375 g/mol. The molecule has 8 nitrogen and oxygen atoms in total. The van der Waals surface area contributed by atoms with E-state index < -0.39 is 5.97 Å². The van der Waals surface area contributed by atoms with E-state index in [0.29, 0.717) is 17.1 Å². The molecule has 0 spiro atoms. The van der Waals surface area contributed by atoms with Crippen molar-refractivity contribution in [2.24, 2.45) is 7.05 Å². The van der Waals surface area contributed by atoms with Gasteiger partial charge >= 0.3 is 5.97 Å².